The van der Waals surface area contributed by atoms with Crippen LogP contribution in [0.25, 0.3) is 10.9 Å². The van der Waals surface area contributed by atoms with Crippen molar-refractivity contribution < 1.29 is 5.11 Å². The van der Waals surface area contributed by atoms with E-state index < -0.39 is 0 Å². The Labute approximate surface area is 124 Å². The minimum absolute atomic E-state index is 0.213. The van der Waals surface area contributed by atoms with E-state index >= 15 is 0 Å². The maximum absolute atomic E-state index is 10.1. The molecule has 104 valence electrons. The molecule has 0 fully saturated rings. The van der Waals surface area contributed by atoms with Crippen LogP contribution in [-0.4, -0.2) is 25.5 Å². The Balaban J connectivity index is 2.02. The van der Waals surface area contributed by atoms with Gasteiger partial charge in [0, 0.05) is 27.1 Å². The summed E-state index contributed by atoms with van der Waals surface area (Å²) >= 11 is 3.21. The van der Waals surface area contributed by atoms with Crippen molar-refractivity contribution in [2.75, 3.05) is 5.32 Å². The largest absolute Gasteiger partial charge is 0.506 e. The highest BCUT2D eigenvalue weighted by atomic mass is 32.2. The lowest BCUT2D eigenvalue weighted by molar-refractivity contribution is 0.479. The first-order valence-corrected chi connectivity index (χ1v) is 7.93. The molecule has 0 radical (unpaired) electrons. The third-order valence-corrected chi connectivity index (χ3v) is 4.32. The second kappa shape index (κ2) is 5.34. The molecule has 3 rings (SSSR count). The smallest absolute Gasteiger partial charge is 0.188 e. The standard InChI is InChI=1S/C13H14N4OS2/c1-7(2)20-8-5-9-11(10(18)6-8)16-17-12(9)15-13-14-3-4-19-13/h3-7,18H,1-2H3,(H2,14,15,16,17). The third-order valence-electron chi connectivity index (χ3n) is 2.66. The molecule has 0 amide bonds. The van der Waals surface area contributed by atoms with Gasteiger partial charge in [0.1, 0.15) is 11.3 Å². The number of aromatic hydroxyl groups is 1. The summed E-state index contributed by atoms with van der Waals surface area (Å²) in [6, 6.07) is 3.79. The predicted molar refractivity (Wildman–Crippen MR) is 84.1 cm³/mol. The van der Waals surface area contributed by atoms with Gasteiger partial charge in [-0.2, -0.15) is 5.10 Å². The van der Waals surface area contributed by atoms with Gasteiger partial charge in [0.25, 0.3) is 0 Å². The fourth-order valence-electron chi connectivity index (χ4n) is 1.90. The fraction of sp³-hybridized carbons (Fsp3) is 0.231. The topological polar surface area (TPSA) is 73.8 Å². The van der Waals surface area contributed by atoms with Crippen molar-refractivity contribution in [1.29, 1.82) is 0 Å². The van der Waals surface area contributed by atoms with E-state index in [-0.39, 0.29) is 5.75 Å². The number of benzene rings is 1. The summed E-state index contributed by atoms with van der Waals surface area (Å²) < 4.78 is 0. The van der Waals surface area contributed by atoms with Crippen molar-refractivity contribution >= 4 is 45.0 Å². The average Bonchev–Trinajstić information content (AvgIpc) is 3.00. The first-order chi connectivity index (χ1) is 9.63. The van der Waals surface area contributed by atoms with Gasteiger partial charge < -0.3 is 10.4 Å². The highest BCUT2D eigenvalue weighted by Crippen LogP contribution is 2.35. The molecule has 0 aliphatic carbocycles. The van der Waals surface area contributed by atoms with E-state index in [0.29, 0.717) is 16.6 Å². The Kier molecular flexibility index (Phi) is 3.54. The first kappa shape index (κ1) is 13.3. The van der Waals surface area contributed by atoms with E-state index in [1.165, 1.54) is 11.3 Å². The number of thioether (sulfide) groups is 1. The predicted octanol–water partition coefficient (Wildman–Crippen LogP) is 3.97. The third kappa shape index (κ3) is 2.59. The van der Waals surface area contributed by atoms with Crippen molar-refractivity contribution in [3.63, 3.8) is 0 Å². The van der Waals surface area contributed by atoms with Crippen LogP contribution in [0.3, 0.4) is 0 Å². The number of nitrogens with zero attached hydrogens (tertiary/aromatic N) is 2. The molecule has 0 atom stereocenters. The molecule has 0 aliphatic rings. The van der Waals surface area contributed by atoms with Gasteiger partial charge in [-0.05, 0) is 12.1 Å². The quantitative estimate of drug-likeness (QED) is 0.636. The van der Waals surface area contributed by atoms with Crippen LogP contribution in [0.5, 0.6) is 5.75 Å². The molecule has 1 aromatic carbocycles. The number of anilines is 2. The molecule has 0 unspecified atom stereocenters. The summed E-state index contributed by atoms with van der Waals surface area (Å²) in [5, 5.41) is 24.3. The molecule has 5 nitrogen and oxygen atoms in total. The van der Waals surface area contributed by atoms with E-state index in [0.717, 1.165) is 15.4 Å². The number of aromatic amines is 1. The zero-order valence-electron chi connectivity index (χ0n) is 11.0. The maximum atomic E-state index is 10.1. The van der Waals surface area contributed by atoms with Crippen LogP contribution in [0.4, 0.5) is 10.9 Å². The van der Waals surface area contributed by atoms with Gasteiger partial charge in [0.05, 0.1) is 0 Å². The van der Waals surface area contributed by atoms with Crippen LogP contribution in [0.15, 0.2) is 28.6 Å². The molecule has 0 bridgehead atoms. The van der Waals surface area contributed by atoms with Gasteiger partial charge >= 0.3 is 0 Å². The van der Waals surface area contributed by atoms with Crippen LogP contribution in [0.1, 0.15) is 13.8 Å². The van der Waals surface area contributed by atoms with Crippen LogP contribution in [0.2, 0.25) is 0 Å². The molecule has 0 spiro atoms. The minimum atomic E-state index is 0.213. The molecule has 2 heterocycles. The SMILES string of the molecule is CC(C)Sc1cc(O)c2[nH]nc(Nc3nccs3)c2c1. The van der Waals surface area contributed by atoms with Crippen molar-refractivity contribution in [2.24, 2.45) is 0 Å². The Bertz CT molecular complexity index is 721. The maximum Gasteiger partial charge on any atom is 0.188 e. The lowest BCUT2D eigenvalue weighted by atomic mass is 10.2. The Morgan fingerprint density at radius 1 is 1.40 bits per heavy atom. The Morgan fingerprint density at radius 2 is 2.25 bits per heavy atom. The van der Waals surface area contributed by atoms with Gasteiger partial charge in [-0.15, -0.1) is 23.1 Å². The second-order valence-electron chi connectivity index (χ2n) is 4.57. The summed E-state index contributed by atoms with van der Waals surface area (Å²) in [6.45, 7) is 4.24. The van der Waals surface area contributed by atoms with E-state index in [1.807, 2.05) is 11.4 Å². The molecular weight excluding hydrogens is 292 g/mol. The average molecular weight is 306 g/mol. The van der Waals surface area contributed by atoms with Crippen molar-refractivity contribution in [3.8, 4) is 5.75 Å². The number of phenolic OH excluding ortho intramolecular Hbond substituents is 1. The number of fused-ring (bicyclic) bond motifs is 1. The van der Waals surface area contributed by atoms with Crippen LogP contribution in [-0.2, 0) is 0 Å². The van der Waals surface area contributed by atoms with Crippen molar-refractivity contribution in [3.05, 3.63) is 23.7 Å². The monoisotopic (exact) mass is 306 g/mol. The molecule has 7 heteroatoms. The van der Waals surface area contributed by atoms with Crippen LogP contribution < -0.4 is 5.32 Å². The molecule has 20 heavy (non-hydrogen) atoms. The van der Waals surface area contributed by atoms with Gasteiger partial charge in [-0.25, -0.2) is 4.98 Å². The van der Waals surface area contributed by atoms with Crippen molar-refractivity contribution in [2.45, 2.75) is 24.0 Å². The summed E-state index contributed by atoms with van der Waals surface area (Å²) in [6.07, 6.45) is 1.74. The van der Waals surface area contributed by atoms with E-state index in [9.17, 15) is 5.11 Å². The van der Waals surface area contributed by atoms with Crippen LogP contribution >= 0.6 is 23.1 Å². The fourth-order valence-corrected chi connectivity index (χ4v) is 3.34. The van der Waals surface area contributed by atoms with Gasteiger partial charge in [-0.1, -0.05) is 13.8 Å². The van der Waals surface area contributed by atoms with Gasteiger partial charge in [0.15, 0.2) is 10.9 Å². The lowest BCUT2D eigenvalue weighted by Gasteiger charge is -2.06. The van der Waals surface area contributed by atoms with Gasteiger partial charge in [-0.3, -0.25) is 5.10 Å². The number of hydrogen-bond donors (Lipinski definition) is 3. The number of hydrogen-bond acceptors (Lipinski definition) is 6. The number of rotatable bonds is 4. The number of phenols is 1. The highest BCUT2D eigenvalue weighted by Gasteiger charge is 2.12. The first-order valence-electron chi connectivity index (χ1n) is 6.18. The van der Waals surface area contributed by atoms with E-state index in [2.05, 4.69) is 34.3 Å². The summed E-state index contributed by atoms with van der Waals surface area (Å²) in [4.78, 5) is 5.20. The minimum Gasteiger partial charge on any atom is -0.506 e. The number of thiazole rings is 1. The Hall–Kier alpha value is -1.73. The number of aromatic nitrogens is 3. The number of H-pyrrole nitrogens is 1. The van der Waals surface area contributed by atoms with Gasteiger partial charge in [0.2, 0.25) is 0 Å². The van der Waals surface area contributed by atoms with Crippen LogP contribution in [0, 0.1) is 0 Å². The van der Waals surface area contributed by atoms with E-state index in [4.69, 9.17) is 0 Å². The lowest BCUT2D eigenvalue weighted by Crippen LogP contribution is -1.90. The molecule has 0 saturated heterocycles. The molecule has 2 aromatic heterocycles. The molecule has 0 aliphatic heterocycles. The second-order valence-corrected chi connectivity index (χ2v) is 7.11. The number of nitrogens with one attached hydrogen (secondary N) is 2. The molecular formula is C13H14N4OS2. The summed E-state index contributed by atoms with van der Waals surface area (Å²) in [5.41, 5.74) is 0.636. The van der Waals surface area contributed by atoms with E-state index in [1.54, 1.807) is 24.0 Å². The summed E-state index contributed by atoms with van der Waals surface area (Å²) in [7, 11) is 0. The molecule has 3 N–H and O–H groups in total. The highest BCUT2D eigenvalue weighted by molar-refractivity contribution is 7.99. The zero-order valence-corrected chi connectivity index (χ0v) is 12.7. The summed E-state index contributed by atoms with van der Waals surface area (Å²) in [5.74, 6) is 0.891. The zero-order chi connectivity index (χ0) is 14.1. The molecule has 0 saturated carbocycles. The van der Waals surface area contributed by atoms with Crippen molar-refractivity contribution in [1.82, 2.24) is 15.2 Å². The molecule has 3 aromatic rings. The Morgan fingerprint density at radius 3 is 2.95 bits per heavy atom. The normalized spacial score (nSPS) is 11.3.